The second kappa shape index (κ2) is 4.80. The van der Waals surface area contributed by atoms with Crippen molar-refractivity contribution >= 4 is 11.8 Å². The highest BCUT2D eigenvalue weighted by atomic mass is 19.1. The molecule has 18 heavy (non-hydrogen) atoms. The van der Waals surface area contributed by atoms with E-state index in [2.05, 4.69) is 4.98 Å². The molecule has 2 heterocycles. The van der Waals surface area contributed by atoms with Gasteiger partial charge in [-0.15, -0.1) is 0 Å². The SMILES string of the molecule is C[C@@H]1CCN(C(=O)c2ccc(C(N)=O)[nH]2)C[C@@H]1F. The van der Waals surface area contributed by atoms with E-state index in [1.54, 1.807) is 0 Å². The maximum atomic E-state index is 13.6. The van der Waals surface area contributed by atoms with E-state index < -0.39 is 12.1 Å². The molecule has 2 atom stereocenters. The van der Waals surface area contributed by atoms with E-state index in [4.69, 9.17) is 5.73 Å². The summed E-state index contributed by atoms with van der Waals surface area (Å²) in [7, 11) is 0. The van der Waals surface area contributed by atoms with Crippen LogP contribution >= 0.6 is 0 Å². The van der Waals surface area contributed by atoms with Crippen molar-refractivity contribution in [3.63, 3.8) is 0 Å². The lowest BCUT2D eigenvalue weighted by atomic mass is 9.97. The first-order valence-electron chi connectivity index (χ1n) is 5.91. The minimum Gasteiger partial charge on any atom is -0.364 e. The number of rotatable bonds is 2. The fraction of sp³-hybridized carbons (Fsp3) is 0.500. The molecular formula is C12H16FN3O2. The third kappa shape index (κ3) is 2.37. The van der Waals surface area contributed by atoms with E-state index >= 15 is 0 Å². The van der Waals surface area contributed by atoms with Crippen LogP contribution in [0, 0.1) is 5.92 Å². The van der Waals surface area contributed by atoms with E-state index in [0.717, 1.165) is 0 Å². The van der Waals surface area contributed by atoms with Gasteiger partial charge >= 0.3 is 0 Å². The summed E-state index contributed by atoms with van der Waals surface area (Å²) in [6.45, 7) is 2.47. The van der Waals surface area contributed by atoms with Crippen LogP contribution in [0.1, 0.15) is 34.3 Å². The number of hydrogen-bond donors (Lipinski definition) is 2. The first-order chi connectivity index (χ1) is 8.49. The number of carbonyl (C=O) groups is 2. The van der Waals surface area contributed by atoms with E-state index in [1.807, 2.05) is 6.92 Å². The van der Waals surface area contributed by atoms with Gasteiger partial charge in [0.1, 0.15) is 17.6 Å². The molecule has 1 aromatic heterocycles. The Kier molecular flexibility index (Phi) is 3.36. The minimum atomic E-state index is -0.992. The molecule has 0 unspecified atom stereocenters. The standard InChI is InChI=1S/C12H16FN3O2/c1-7-4-5-16(6-8(7)13)12(18)10-3-2-9(15-10)11(14)17/h2-3,7-8,15H,4-6H2,1H3,(H2,14,17)/t7-,8+/m1/s1. The summed E-state index contributed by atoms with van der Waals surface area (Å²) in [6.07, 6.45) is -0.343. The molecule has 0 spiro atoms. The zero-order valence-electron chi connectivity index (χ0n) is 10.1. The Morgan fingerprint density at radius 2 is 2.11 bits per heavy atom. The van der Waals surface area contributed by atoms with Crippen molar-refractivity contribution in [2.75, 3.05) is 13.1 Å². The molecule has 0 aliphatic carbocycles. The van der Waals surface area contributed by atoms with Gasteiger partial charge in [0.15, 0.2) is 0 Å². The minimum absolute atomic E-state index is 0.0149. The molecule has 6 heteroatoms. The lowest BCUT2D eigenvalue weighted by Crippen LogP contribution is -2.44. The third-order valence-corrected chi connectivity index (χ3v) is 3.34. The van der Waals surface area contributed by atoms with Crippen LogP contribution in [-0.4, -0.2) is 41.0 Å². The summed E-state index contributed by atoms with van der Waals surface area (Å²) in [5, 5.41) is 0. The first kappa shape index (κ1) is 12.6. The van der Waals surface area contributed by atoms with Crippen molar-refractivity contribution in [1.29, 1.82) is 0 Å². The number of halogens is 1. The van der Waals surface area contributed by atoms with E-state index in [1.165, 1.54) is 17.0 Å². The molecule has 1 aliphatic rings. The average molecular weight is 253 g/mol. The van der Waals surface area contributed by atoms with Crippen molar-refractivity contribution in [2.24, 2.45) is 11.7 Å². The van der Waals surface area contributed by atoms with Gasteiger partial charge < -0.3 is 15.6 Å². The maximum Gasteiger partial charge on any atom is 0.270 e. The summed E-state index contributed by atoms with van der Waals surface area (Å²) >= 11 is 0. The molecule has 0 saturated carbocycles. The van der Waals surface area contributed by atoms with Crippen molar-refractivity contribution < 1.29 is 14.0 Å². The molecule has 2 rings (SSSR count). The molecule has 1 saturated heterocycles. The summed E-state index contributed by atoms with van der Waals surface area (Å²) in [6, 6.07) is 2.95. The molecule has 3 N–H and O–H groups in total. The summed E-state index contributed by atoms with van der Waals surface area (Å²) in [5.74, 6) is -0.930. The molecule has 5 nitrogen and oxygen atoms in total. The Morgan fingerprint density at radius 1 is 1.44 bits per heavy atom. The predicted molar refractivity (Wildman–Crippen MR) is 63.9 cm³/mol. The van der Waals surface area contributed by atoms with Gasteiger partial charge in [-0.25, -0.2) is 4.39 Å². The Labute approximate surface area is 104 Å². The number of amides is 2. The number of likely N-dealkylation sites (tertiary alicyclic amines) is 1. The number of aromatic nitrogens is 1. The van der Waals surface area contributed by atoms with Gasteiger partial charge in [-0.1, -0.05) is 6.92 Å². The third-order valence-electron chi connectivity index (χ3n) is 3.34. The Hall–Kier alpha value is -1.85. The lowest BCUT2D eigenvalue weighted by Gasteiger charge is -2.32. The Morgan fingerprint density at radius 3 is 2.67 bits per heavy atom. The highest BCUT2D eigenvalue weighted by Crippen LogP contribution is 2.21. The number of nitrogens with one attached hydrogen (secondary N) is 1. The van der Waals surface area contributed by atoms with E-state index in [-0.39, 0.29) is 29.8 Å². The quantitative estimate of drug-likeness (QED) is 0.822. The van der Waals surface area contributed by atoms with Gasteiger partial charge in [-0.05, 0) is 24.5 Å². The second-order valence-electron chi connectivity index (χ2n) is 4.68. The average Bonchev–Trinajstić information content (AvgIpc) is 2.81. The summed E-state index contributed by atoms with van der Waals surface area (Å²) in [5.41, 5.74) is 5.54. The van der Waals surface area contributed by atoms with Crippen molar-refractivity contribution in [3.8, 4) is 0 Å². The van der Waals surface area contributed by atoms with Crippen LogP contribution in [0.4, 0.5) is 4.39 Å². The number of alkyl halides is 1. The van der Waals surface area contributed by atoms with E-state index in [0.29, 0.717) is 13.0 Å². The number of piperidine rings is 1. The molecule has 1 fully saturated rings. The zero-order chi connectivity index (χ0) is 13.3. The monoisotopic (exact) mass is 253 g/mol. The van der Waals surface area contributed by atoms with Gasteiger partial charge in [0, 0.05) is 6.54 Å². The first-order valence-corrected chi connectivity index (χ1v) is 5.91. The maximum absolute atomic E-state index is 13.6. The van der Waals surface area contributed by atoms with Crippen LogP contribution in [0.15, 0.2) is 12.1 Å². The topological polar surface area (TPSA) is 79.2 Å². The number of primary amides is 1. The van der Waals surface area contributed by atoms with Crippen LogP contribution in [0.25, 0.3) is 0 Å². The number of nitrogens with two attached hydrogens (primary N) is 1. The predicted octanol–water partition coefficient (Wildman–Crippen LogP) is 0.934. The number of carbonyl (C=O) groups excluding carboxylic acids is 2. The highest BCUT2D eigenvalue weighted by Gasteiger charge is 2.29. The smallest absolute Gasteiger partial charge is 0.270 e. The molecule has 0 radical (unpaired) electrons. The molecule has 0 bridgehead atoms. The van der Waals surface area contributed by atoms with Crippen LogP contribution in [0.2, 0.25) is 0 Å². The van der Waals surface area contributed by atoms with Crippen LogP contribution in [-0.2, 0) is 0 Å². The Balaban J connectivity index is 2.09. The summed E-state index contributed by atoms with van der Waals surface area (Å²) < 4.78 is 13.6. The van der Waals surface area contributed by atoms with Crippen LogP contribution < -0.4 is 5.73 Å². The highest BCUT2D eigenvalue weighted by molar-refractivity contribution is 5.96. The number of aromatic amines is 1. The summed E-state index contributed by atoms with van der Waals surface area (Å²) in [4.78, 5) is 27.1. The van der Waals surface area contributed by atoms with Gasteiger partial charge in [0.25, 0.3) is 11.8 Å². The Bertz CT molecular complexity index is 472. The fourth-order valence-corrected chi connectivity index (χ4v) is 2.04. The molecule has 1 aliphatic heterocycles. The molecule has 0 aromatic carbocycles. The van der Waals surface area contributed by atoms with Gasteiger partial charge in [-0.3, -0.25) is 9.59 Å². The van der Waals surface area contributed by atoms with Crippen LogP contribution in [0.5, 0.6) is 0 Å². The largest absolute Gasteiger partial charge is 0.364 e. The molecule has 1 aromatic rings. The fourth-order valence-electron chi connectivity index (χ4n) is 2.04. The lowest BCUT2D eigenvalue weighted by molar-refractivity contribution is 0.0536. The van der Waals surface area contributed by atoms with Crippen molar-refractivity contribution in [1.82, 2.24) is 9.88 Å². The van der Waals surface area contributed by atoms with Gasteiger partial charge in [0.2, 0.25) is 0 Å². The molecule has 2 amide bonds. The number of H-pyrrole nitrogens is 1. The molecular weight excluding hydrogens is 237 g/mol. The van der Waals surface area contributed by atoms with Gasteiger partial charge in [0.05, 0.1) is 6.54 Å². The van der Waals surface area contributed by atoms with Crippen LogP contribution in [0.3, 0.4) is 0 Å². The van der Waals surface area contributed by atoms with Crippen molar-refractivity contribution in [2.45, 2.75) is 19.5 Å². The zero-order valence-corrected chi connectivity index (χ0v) is 10.1. The van der Waals surface area contributed by atoms with Crippen molar-refractivity contribution in [3.05, 3.63) is 23.5 Å². The number of hydrogen-bond acceptors (Lipinski definition) is 2. The normalized spacial score (nSPS) is 24.0. The molecule has 98 valence electrons. The number of nitrogens with zero attached hydrogens (tertiary/aromatic N) is 1. The van der Waals surface area contributed by atoms with Gasteiger partial charge in [-0.2, -0.15) is 0 Å². The second-order valence-corrected chi connectivity index (χ2v) is 4.68. The van der Waals surface area contributed by atoms with E-state index in [9.17, 15) is 14.0 Å².